The van der Waals surface area contributed by atoms with Gasteiger partial charge in [-0.2, -0.15) is 8.78 Å². The van der Waals surface area contributed by atoms with Crippen molar-refractivity contribution in [1.29, 1.82) is 0 Å². The van der Waals surface area contributed by atoms with E-state index in [-0.39, 0.29) is 18.6 Å². The van der Waals surface area contributed by atoms with E-state index in [1.807, 2.05) is 0 Å². The largest absolute Gasteiger partial charge is 0.461 e. The summed E-state index contributed by atoms with van der Waals surface area (Å²) in [5.74, 6) is -6.65. The van der Waals surface area contributed by atoms with Crippen molar-refractivity contribution in [2.24, 2.45) is 5.73 Å². The molecule has 0 aromatic heterocycles. The first-order valence-electron chi connectivity index (χ1n) is 8.10. The molecule has 4 nitrogen and oxygen atoms in total. The Labute approximate surface area is 149 Å². The second-order valence-corrected chi connectivity index (χ2v) is 5.80. The Balaban J connectivity index is 2.22. The minimum Gasteiger partial charge on any atom is -0.461 e. The van der Waals surface area contributed by atoms with Crippen LogP contribution in [0.5, 0.6) is 0 Å². The van der Waals surface area contributed by atoms with Crippen LogP contribution < -0.4 is 5.73 Å². The summed E-state index contributed by atoms with van der Waals surface area (Å²) in [6, 6.07) is 11.7. The van der Waals surface area contributed by atoms with Gasteiger partial charge in [-0.1, -0.05) is 48.5 Å². The Hall–Kier alpha value is -2.38. The highest BCUT2D eigenvalue weighted by molar-refractivity contribution is 5.78. The monoisotopic (exact) mass is 367 g/mol. The molecule has 0 spiro atoms. The maximum atomic E-state index is 14.7. The molecular weight excluding hydrogens is 347 g/mol. The Morgan fingerprint density at radius 3 is 2.46 bits per heavy atom. The highest BCUT2D eigenvalue weighted by atomic mass is 19.3. The molecule has 0 radical (unpaired) electrons. The Morgan fingerprint density at radius 2 is 1.85 bits per heavy atom. The van der Waals surface area contributed by atoms with E-state index >= 15 is 0 Å². The maximum Gasteiger partial charge on any atom is 0.379 e. The Bertz CT molecular complexity index is 753. The number of ether oxygens (including phenoxy) is 1. The van der Waals surface area contributed by atoms with E-state index in [0.717, 1.165) is 0 Å². The van der Waals surface area contributed by atoms with E-state index in [2.05, 4.69) is 4.74 Å². The first-order chi connectivity index (χ1) is 12.3. The number of carbonyl (C=O) groups excluding carboxylic acids is 1. The summed E-state index contributed by atoms with van der Waals surface area (Å²) < 4.78 is 46.8. The van der Waals surface area contributed by atoms with Gasteiger partial charge in [-0.05, 0) is 24.5 Å². The lowest BCUT2D eigenvalue weighted by Crippen LogP contribution is -2.53. The number of benzene rings is 2. The molecule has 0 bridgehead atoms. The van der Waals surface area contributed by atoms with Crippen LogP contribution in [0.1, 0.15) is 12.5 Å². The number of esters is 1. The number of hydrogen-bond donors (Lipinski definition) is 2. The topological polar surface area (TPSA) is 72.5 Å². The molecule has 0 saturated heterocycles. The minimum absolute atomic E-state index is 0.0672. The second-order valence-electron chi connectivity index (χ2n) is 5.80. The number of halogens is 3. The van der Waals surface area contributed by atoms with E-state index in [4.69, 9.17) is 5.73 Å². The Morgan fingerprint density at radius 1 is 1.19 bits per heavy atom. The molecule has 2 aromatic carbocycles. The van der Waals surface area contributed by atoms with Gasteiger partial charge in [0.2, 0.25) is 0 Å². The van der Waals surface area contributed by atoms with Crippen molar-refractivity contribution in [3.63, 3.8) is 0 Å². The summed E-state index contributed by atoms with van der Waals surface area (Å²) in [7, 11) is 0. The molecule has 0 aliphatic heterocycles. The van der Waals surface area contributed by atoms with Gasteiger partial charge in [0.05, 0.1) is 6.61 Å². The van der Waals surface area contributed by atoms with Gasteiger partial charge >= 0.3 is 11.9 Å². The zero-order chi connectivity index (χ0) is 19.3. The van der Waals surface area contributed by atoms with Crippen LogP contribution in [-0.4, -0.2) is 35.8 Å². The molecule has 0 aliphatic rings. The van der Waals surface area contributed by atoms with Gasteiger partial charge in [-0.3, -0.25) is 0 Å². The summed E-state index contributed by atoms with van der Waals surface area (Å²) in [6.45, 7) is 1.11. The third kappa shape index (κ3) is 4.23. The lowest BCUT2D eigenvalue weighted by Gasteiger charge is -2.25. The fourth-order valence-electron chi connectivity index (χ4n) is 2.56. The molecule has 26 heavy (non-hydrogen) atoms. The van der Waals surface area contributed by atoms with Crippen molar-refractivity contribution < 1.29 is 27.8 Å². The van der Waals surface area contributed by atoms with E-state index in [1.54, 1.807) is 42.5 Å². The molecule has 2 aromatic rings. The molecular formula is C19H20F3NO3. The average molecular weight is 367 g/mol. The van der Waals surface area contributed by atoms with Crippen LogP contribution >= 0.6 is 0 Å². The van der Waals surface area contributed by atoms with Crippen molar-refractivity contribution in [2.75, 3.05) is 6.61 Å². The molecule has 140 valence electrons. The van der Waals surface area contributed by atoms with Crippen LogP contribution in [0.4, 0.5) is 13.2 Å². The minimum atomic E-state index is -4.18. The third-order valence-corrected chi connectivity index (χ3v) is 3.94. The predicted octanol–water partition coefficient (Wildman–Crippen LogP) is 2.92. The standard InChI is InChI=1S/C19H20F3NO3/c1-2-26-18(25)19(21,22)17(24)15(23)11-13-9-6-10-14(16(13)20)12-7-4-3-5-8-12/h3-10,15,17,24H,2,11,23H2,1H3. The summed E-state index contributed by atoms with van der Waals surface area (Å²) in [6.07, 6.45) is -2.87. The first kappa shape index (κ1) is 19.9. The fraction of sp³-hybridized carbons (Fsp3) is 0.316. The van der Waals surface area contributed by atoms with Crippen molar-refractivity contribution in [3.8, 4) is 11.1 Å². The molecule has 2 rings (SSSR count). The van der Waals surface area contributed by atoms with E-state index < -0.39 is 29.9 Å². The number of alkyl halides is 2. The molecule has 0 fully saturated rings. The van der Waals surface area contributed by atoms with Crippen LogP contribution in [0.2, 0.25) is 0 Å². The number of carbonyl (C=O) groups is 1. The first-order valence-corrected chi connectivity index (χ1v) is 8.10. The zero-order valence-electron chi connectivity index (χ0n) is 14.2. The summed E-state index contributed by atoms with van der Waals surface area (Å²) in [5.41, 5.74) is 6.61. The fourth-order valence-corrected chi connectivity index (χ4v) is 2.56. The van der Waals surface area contributed by atoms with E-state index in [0.29, 0.717) is 11.1 Å². The molecule has 2 unspecified atom stereocenters. The number of nitrogens with two attached hydrogens (primary N) is 1. The van der Waals surface area contributed by atoms with Crippen molar-refractivity contribution in [1.82, 2.24) is 0 Å². The number of hydrogen-bond acceptors (Lipinski definition) is 4. The lowest BCUT2D eigenvalue weighted by molar-refractivity contribution is -0.190. The molecule has 2 atom stereocenters. The third-order valence-electron chi connectivity index (χ3n) is 3.94. The highest BCUT2D eigenvalue weighted by Crippen LogP contribution is 2.28. The van der Waals surface area contributed by atoms with Crippen molar-refractivity contribution >= 4 is 5.97 Å². The molecule has 0 amide bonds. The van der Waals surface area contributed by atoms with Crippen molar-refractivity contribution in [3.05, 3.63) is 59.9 Å². The van der Waals surface area contributed by atoms with Crippen LogP contribution in [0.25, 0.3) is 11.1 Å². The van der Waals surface area contributed by atoms with E-state index in [1.165, 1.54) is 13.0 Å². The van der Waals surface area contributed by atoms with Crippen molar-refractivity contribution in [2.45, 2.75) is 31.4 Å². The average Bonchev–Trinajstić information content (AvgIpc) is 2.63. The predicted molar refractivity (Wildman–Crippen MR) is 91.1 cm³/mol. The molecule has 0 heterocycles. The second kappa shape index (κ2) is 8.33. The van der Waals surface area contributed by atoms with Crippen LogP contribution in [0.15, 0.2) is 48.5 Å². The van der Waals surface area contributed by atoms with Crippen LogP contribution in [0, 0.1) is 5.82 Å². The van der Waals surface area contributed by atoms with Gasteiger partial charge in [-0.15, -0.1) is 0 Å². The maximum absolute atomic E-state index is 14.7. The van der Waals surface area contributed by atoms with Gasteiger partial charge in [0.1, 0.15) is 11.9 Å². The molecule has 0 aliphatic carbocycles. The van der Waals surface area contributed by atoms with Gasteiger partial charge in [-0.25, -0.2) is 9.18 Å². The summed E-state index contributed by atoms with van der Waals surface area (Å²) in [5, 5.41) is 9.78. The highest BCUT2D eigenvalue weighted by Gasteiger charge is 2.50. The van der Waals surface area contributed by atoms with Gasteiger partial charge < -0.3 is 15.6 Å². The number of rotatable bonds is 7. The van der Waals surface area contributed by atoms with Crippen LogP contribution in [-0.2, 0) is 16.0 Å². The SMILES string of the molecule is CCOC(=O)C(F)(F)C(O)C(N)Cc1cccc(-c2ccccc2)c1F. The molecule has 3 N–H and O–H groups in total. The normalized spacial score (nSPS) is 13.9. The van der Waals surface area contributed by atoms with Crippen LogP contribution in [0.3, 0.4) is 0 Å². The smallest absolute Gasteiger partial charge is 0.379 e. The molecule has 0 saturated carbocycles. The van der Waals surface area contributed by atoms with Gasteiger partial charge in [0.15, 0.2) is 0 Å². The van der Waals surface area contributed by atoms with E-state index in [9.17, 15) is 23.1 Å². The summed E-state index contributed by atoms with van der Waals surface area (Å²) in [4.78, 5) is 11.3. The molecule has 7 heteroatoms. The zero-order valence-corrected chi connectivity index (χ0v) is 14.2. The lowest BCUT2D eigenvalue weighted by atomic mass is 9.94. The number of aliphatic hydroxyl groups is 1. The van der Waals surface area contributed by atoms with Gasteiger partial charge in [0, 0.05) is 11.6 Å². The quantitative estimate of drug-likeness (QED) is 0.738. The number of aliphatic hydroxyl groups excluding tert-OH is 1. The Kier molecular flexibility index (Phi) is 6.39. The summed E-state index contributed by atoms with van der Waals surface area (Å²) >= 11 is 0. The van der Waals surface area contributed by atoms with Gasteiger partial charge in [0.25, 0.3) is 0 Å².